The summed E-state index contributed by atoms with van der Waals surface area (Å²) in [6.07, 6.45) is 0.327. The maximum atomic E-state index is 12.3. The summed E-state index contributed by atoms with van der Waals surface area (Å²) in [5.41, 5.74) is 0.997. The van der Waals surface area contributed by atoms with Gasteiger partial charge in [0.2, 0.25) is 5.91 Å². The third kappa shape index (κ3) is 2.48. The van der Waals surface area contributed by atoms with Crippen molar-refractivity contribution in [3.8, 4) is 0 Å². The molecule has 2 aliphatic heterocycles. The monoisotopic (exact) mass is 288 g/mol. The van der Waals surface area contributed by atoms with E-state index in [1.165, 1.54) is 0 Å². The summed E-state index contributed by atoms with van der Waals surface area (Å²) in [6.45, 7) is 6.35. The van der Waals surface area contributed by atoms with Crippen LogP contribution in [-0.4, -0.2) is 35.6 Å². The van der Waals surface area contributed by atoms with E-state index in [0.717, 1.165) is 11.3 Å². The van der Waals surface area contributed by atoms with Gasteiger partial charge in [0, 0.05) is 18.8 Å². The predicted octanol–water partition coefficient (Wildman–Crippen LogP) is 2.42. The number of carbonyl (C=O) groups excluding carboxylic acids is 2. The van der Waals surface area contributed by atoms with Gasteiger partial charge in [-0.3, -0.25) is 4.79 Å². The van der Waals surface area contributed by atoms with Crippen molar-refractivity contribution in [1.29, 1.82) is 0 Å². The van der Waals surface area contributed by atoms with E-state index >= 15 is 0 Å². The van der Waals surface area contributed by atoms with Gasteiger partial charge in [0.1, 0.15) is 5.60 Å². The molecular formula is C16H20N2O3. The number of rotatable bonds is 0. The molecule has 3 rings (SSSR count). The summed E-state index contributed by atoms with van der Waals surface area (Å²) in [5.74, 6) is 0.000934. The molecule has 1 spiro atoms. The number of carbonyl (C=O) groups is 2. The Bertz CT molecular complexity index is 598. The number of benzene rings is 1. The Morgan fingerprint density at radius 3 is 2.62 bits per heavy atom. The van der Waals surface area contributed by atoms with Crippen molar-refractivity contribution in [2.45, 2.75) is 32.8 Å². The lowest BCUT2D eigenvalue weighted by molar-refractivity contribution is -0.135. The van der Waals surface area contributed by atoms with Gasteiger partial charge < -0.3 is 15.0 Å². The minimum Gasteiger partial charge on any atom is -0.444 e. The lowest BCUT2D eigenvalue weighted by Gasteiger charge is -2.50. The molecule has 0 aromatic heterocycles. The predicted molar refractivity (Wildman–Crippen MR) is 79.0 cm³/mol. The molecule has 1 N–H and O–H groups in total. The number of hydrogen-bond acceptors (Lipinski definition) is 3. The third-order valence-electron chi connectivity index (χ3n) is 3.91. The number of amides is 2. The standard InChI is InChI=1S/C16H20N2O3/c1-15(2,3)21-14(20)18-9-16(10-18)8-11-6-4-5-7-12(11)17-13(16)19/h4-7H,8-10H2,1-3H3,(H,17,19). The molecule has 2 heterocycles. The molecule has 0 bridgehead atoms. The van der Waals surface area contributed by atoms with Crippen molar-refractivity contribution in [3.63, 3.8) is 0 Å². The zero-order chi connectivity index (χ0) is 15.3. The average molecular weight is 288 g/mol. The maximum Gasteiger partial charge on any atom is 0.410 e. The first-order valence-corrected chi connectivity index (χ1v) is 7.16. The molecule has 2 aliphatic rings. The van der Waals surface area contributed by atoms with Gasteiger partial charge in [0.05, 0.1) is 5.41 Å². The second-order valence-corrected chi connectivity index (χ2v) is 6.90. The first-order chi connectivity index (χ1) is 9.79. The molecule has 2 amide bonds. The number of para-hydroxylation sites is 1. The SMILES string of the molecule is CC(C)(C)OC(=O)N1CC2(Cc3ccccc3NC2=O)C1. The van der Waals surface area contributed by atoms with Gasteiger partial charge in [0.25, 0.3) is 0 Å². The molecule has 5 nitrogen and oxygen atoms in total. The fourth-order valence-electron chi connectivity index (χ4n) is 2.89. The van der Waals surface area contributed by atoms with Crippen LogP contribution in [-0.2, 0) is 16.0 Å². The molecule has 21 heavy (non-hydrogen) atoms. The lowest BCUT2D eigenvalue weighted by Crippen LogP contribution is -2.66. The minimum atomic E-state index is -0.513. The van der Waals surface area contributed by atoms with Gasteiger partial charge in [-0.2, -0.15) is 0 Å². The van der Waals surface area contributed by atoms with Crippen molar-refractivity contribution < 1.29 is 14.3 Å². The zero-order valence-corrected chi connectivity index (χ0v) is 12.6. The van der Waals surface area contributed by atoms with Gasteiger partial charge >= 0.3 is 6.09 Å². The molecule has 1 saturated heterocycles. The van der Waals surface area contributed by atoms with Gasteiger partial charge in [0.15, 0.2) is 0 Å². The van der Waals surface area contributed by atoms with E-state index in [-0.39, 0.29) is 12.0 Å². The number of anilines is 1. The number of nitrogens with one attached hydrogen (secondary N) is 1. The Morgan fingerprint density at radius 2 is 1.95 bits per heavy atom. The van der Waals surface area contributed by atoms with Crippen LogP contribution in [0.25, 0.3) is 0 Å². The van der Waals surface area contributed by atoms with E-state index in [4.69, 9.17) is 4.74 Å². The summed E-state index contributed by atoms with van der Waals surface area (Å²) in [5, 5.41) is 2.94. The highest BCUT2D eigenvalue weighted by molar-refractivity contribution is 6.00. The topological polar surface area (TPSA) is 58.6 Å². The van der Waals surface area contributed by atoms with Crippen molar-refractivity contribution in [3.05, 3.63) is 29.8 Å². The Hall–Kier alpha value is -2.04. The van der Waals surface area contributed by atoms with Gasteiger partial charge in [-0.25, -0.2) is 4.79 Å². The van der Waals surface area contributed by atoms with Gasteiger partial charge in [-0.15, -0.1) is 0 Å². The molecule has 112 valence electrons. The highest BCUT2D eigenvalue weighted by Crippen LogP contribution is 2.41. The Morgan fingerprint density at radius 1 is 1.29 bits per heavy atom. The molecule has 0 saturated carbocycles. The molecular weight excluding hydrogens is 268 g/mol. The lowest BCUT2D eigenvalue weighted by atomic mass is 9.72. The summed E-state index contributed by atoms with van der Waals surface area (Å²) >= 11 is 0. The van der Waals surface area contributed by atoms with Crippen molar-refractivity contribution in [1.82, 2.24) is 4.90 Å². The molecule has 0 radical (unpaired) electrons. The van der Waals surface area contributed by atoms with Crippen LogP contribution in [0.2, 0.25) is 0 Å². The maximum absolute atomic E-state index is 12.3. The highest BCUT2D eigenvalue weighted by Gasteiger charge is 2.53. The van der Waals surface area contributed by atoms with E-state index in [1.54, 1.807) is 4.90 Å². The van der Waals surface area contributed by atoms with Crippen LogP contribution < -0.4 is 5.32 Å². The van der Waals surface area contributed by atoms with Crippen LogP contribution in [0.5, 0.6) is 0 Å². The first kappa shape index (κ1) is 13.9. The van der Waals surface area contributed by atoms with E-state index in [1.807, 2.05) is 45.0 Å². The van der Waals surface area contributed by atoms with Crippen molar-refractivity contribution in [2.24, 2.45) is 5.41 Å². The molecule has 0 unspecified atom stereocenters. The molecule has 1 aromatic carbocycles. The third-order valence-corrected chi connectivity index (χ3v) is 3.91. The minimum absolute atomic E-state index is 0.000934. The van der Waals surface area contributed by atoms with Crippen LogP contribution in [0.15, 0.2) is 24.3 Å². The summed E-state index contributed by atoms with van der Waals surface area (Å²) in [6, 6.07) is 7.80. The average Bonchev–Trinajstić information content (AvgIpc) is 2.33. The zero-order valence-electron chi connectivity index (χ0n) is 12.6. The normalized spacial score (nSPS) is 19.6. The Labute approximate surface area is 124 Å². The number of fused-ring (bicyclic) bond motifs is 1. The van der Waals surface area contributed by atoms with Crippen molar-refractivity contribution in [2.75, 3.05) is 18.4 Å². The van der Waals surface area contributed by atoms with Crippen LogP contribution in [0.4, 0.5) is 10.5 Å². The number of ether oxygens (including phenoxy) is 1. The van der Waals surface area contributed by atoms with Crippen molar-refractivity contribution >= 4 is 17.7 Å². The Kier molecular flexibility index (Phi) is 2.97. The first-order valence-electron chi connectivity index (χ1n) is 7.16. The second-order valence-electron chi connectivity index (χ2n) is 6.90. The van der Waals surface area contributed by atoms with E-state index < -0.39 is 11.0 Å². The molecule has 0 atom stereocenters. The summed E-state index contributed by atoms with van der Waals surface area (Å²) in [7, 11) is 0. The fraction of sp³-hybridized carbons (Fsp3) is 0.500. The summed E-state index contributed by atoms with van der Waals surface area (Å²) < 4.78 is 5.34. The Balaban J connectivity index is 1.70. The molecule has 5 heteroatoms. The second kappa shape index (κ2) is 4.48. The van der Waals surface area contributed by atoms with Gasteiger partial charge in [-0.05, 0) is 38.8 Å². The smallest absolute Gasteiger partial charge is 0.410 e. The van der Waals surface area contributed by atoms with E-state index in [2.05, 4.69) is 5.32 Å². The molecule has 1 aromatic rings. The molecule has 1 fully saturated rings. The van der Waals surface area contributed by atoms with Crippen LogP contribution in [0.1, 0.15) is 26.3 Å². The van der Waals surface area contributed by atoms with Gasteiger partial charge in [-0.1, -0.05) is 18.2 Å². The number of hydrogen-bond donors (Lipinski definition) is 1. The summed E-state index contributed by atoms with van der Waals surface area (Å²) in [4.78, 5) is 25.9. The highest BCUT2D eigenvalue weighted by atomic mass is 16.6. The number of nitrogens with zero attached hydrogens (tertiary/aromatic N) is 1. The number of likely N-dealkylation sites (tertiary alicyclic amines) is 1. The van der Waals surface area contributed by atoms with E-state index in [0.29, 0.717) is 19.5 Å². The van der Waals surface area contributed by atoms with Crippen LogP contribution >= 0.6 is 0 Å². The fourth-order valence-corrected chi connectivity index (χ4v) is 2.89. The molecule has 0 aliphatic carbocycles. The quantitative estimate of drug-likeness (QED) is 0.797. The van der Waals surface area contributed by atoms with Crippen LogP contribution in [0, 0.1) is 5.41 Å². The van der Waals surface area contributed by atoms with E-state index in [9.17, 15) is 9.59 Å². The van der Waals surface area contributed by atoms with Crippen LogP contribution in [0.3, 0.4) is 0 Å². The largest absolute Gasteiger partial charge is 0.444 e.